The zero-order valence-electron chi connectivity index (χ0n) is 16.1. The Morgan fingerprint density at radius 2 is 1.86 bits per heavy atom. The maximum Gasteiger partial charge on any atom is 0.196 e. The number of hydrogen-bond acceptors (Lipinski definition) is 3. The Balaban J connectivity index is 1.58. The summed E-state index contributed by atoms with van der Waals surface area (Å²) in [5.74, 6) is 1.92. The number of aromatic nitrogens is 3. The molecule has 1 N–H and O–H groups in total. The van der Waals surface area contributed by atoms with Crippen LogP contribution in [0.1, 0.15) is 25.7 Å². The summed E-state index contributed by atoms with van der Waals surface area (Å²) in [7, 11) is 2.33. The molecule has 1 unspecified atom stereocenters. The van der Waals surface area contributed by atoms with Crippen molar-refractivity contribution in [1.82, 2.24) is 14.8 Å². The minimum atomic E-state index is 0.732. The fourth-order valence-electron chi connectivity index (χ4n) is 3.89. The lowest BCUT2D eigenvalue weighted by Gasteiger charge is -2.29. The second kappa shape index (κ2) is 9.12. The lowest BCUT2D eigenvalue weighted by molar-refractivity contribution is -0.911. The molecule has 1 aliphatic rings. The first-order valence-corrected chi connectivity index (χ1v) is 11.3. The van der Waals surface area contributed by atoms with E-state index >= 15 is 0 Å². The van der Waals surface area contributed by atoms with Gasteiger partial charge in [0.1, 0.15) is 0 Å². The average Bonchev–Trinajstić information content (AvgIpc) is 3.14. The fourth-order valence-corrected chi connectivity index (χ4v) is 5.02. The maximum absolute atomic E-state index is 6.10. The Labute approximate surface area is 175 Å². The number of halogens is 1. The third-order valence-electron chi connectivity index (χ3n) is 5.52. The molecule has 0 amide bonds. The first-order chi connectivity index (χ1) is 13.7. The molecule has 2 aromatic carbocycles. The first-order valence-electron chi connectivity index (χ1n) is 9.94. The summed E-state index contributed by atoms with van der Waals surface area (Å²) in [6, 6.07) is 18.9. The van der Waals surface area contributed by atoms with E-state index in [1.165, 1.54) is 32.2 Å². The predicted octanol–water partition coefficient (Wildman–Crippen LogP) is 4.14. The molecule has 1 fully saturated rings. The maximum atomic E-state index is 6.10. The smallest absolute Gasteiger partial charge is 0.196 e. The number of rotatable bonds is 6. The van der Waals surface area contributed by atoms with Crippen LogP contribution in [-0.4, -0.2) is 40.2 Å². The quantitative estimate of drug-likeness (QED) is 0.617. The molecule has 4 nitrogen and oxygen atoms in total. The molecule has 0 aliphatic carbocycles. The molecule has 3 aromatic rings. The third-order valence-corrected chi connectivity index (χ3v) is 6.73. The number of likely N-dealkylation sites (tertiary alicyclic amines) is 1. The van der Waals surface area contributed by atoms with Gasteiger partial charge in [-0.1, -0.05) is 53.7 Å². The molecule has 1 aromatic heterocycles. The Hall–Kier alpha value is -1.82. The number of nitrogens with one attached hydrogen (secondary N) is 1. The highest BCUT2D eigenvalue weighted by Crippen LogP contribution is 2.29. The molecule has 6 heteroatoms. The van der Waals surface area contributed by atoms with Gasteiger partial charge >= 0.3 is 0 Å². The molecular weight excluding hydrogens is 388 g/mol. The molecule has 1 aliphatic heterocycles. The SMILES string of the molecule is C[NH+]1CCCC[C@@H]1CCSc1nnc(-c2ccccc2)n1-c1ccc(Cl)cc1. The summed E-state index contributed by atoms with van der Waals surface area (Å²) in [4.78, 5) is 1.68. The van der Waals surface area contributed by atoms with Crippen molar-refractivity contribution in [2.24, 2.45) is 0 Å². The van der Waals surface area contributed by atoms with Crippen LogP contribution in [0, 0.1) is 0 Å². The number of thioether (sulfide) groups is 1. The number of nitrogens with zero attached hydrogens (tertiary/aromatic N) is 3. The van der Waals surface area contributed by atoms with Crippen molar-refractivity contribution in [2.75, 3.05) is 19.3 Å². The highest BCUT2D eigenvalue weighted by molar-refractivity contribution is 7.99. The Morgan fingerprint density at radius 1 is 1.07 bits per heavy atom. The van der Waals surface area contributed by atoms with Crippen molar-refractivity contribution >= 4 is 23.4 Å². The molecule has 1 saturated heterocycles. The summed E-state index contributed by atoms with van der Waals surface area (Å²) in [5.41, 5.74) is 2.10. The van der Waals surface area contributed by atoms with Crippen LogP contribution < -0.4 is 4.90 Å². The summed E-state index contributed by atoms with van der Waals surface area (Å²) in [5, 5.41) is 10.7. The van der Waals surface area contributed by atoms with Crippen molar-refractivity contribution in [3.63, 3.8) is 0 Å². The predicted molar refractivity (Wildman–Crippen MR) is 117 cm³/mol. The molecule has 0 saturated carbocycles. The van der Waals surface area contributed by atoms with Gasteiger partial charge in [0.2, 0.25) is 0 Å². The van der Waals surface area contributed by atoms with Crippen molar-refractivity contribution in [2.45, 2.75) is 36.9 Å². The van der Waals surface area contributed by atoms with Crippen molar-refractivity contribution in [1.29, 1.82) is 0 Å². The topological polar surface area (TPSA) is 35.2 Å². The van der Waals surface area contributed by atoms with Crippen LogP contribution in [0.4, 0.5) is 0 Å². The highest BCUT2D eigenvalue weighted by atomic mass is 35.5. The summed E-state index contributed by atoms with van der Waals surface area (Å²) >= 11 is 7.91. The van der Waals surface area contributed by atoms with Crippen LogP contribution in [0.3, 0.4) is 0 Å². The summed E-state index contributed by atoms with van der Waals surface area (Å²) in [6.45, 7) is 1.30. The largest absolute Gasteiger partial charge is 0.335 e. The number of piperidine rings is 1. The molecule has 2 heterocycles. The van der Waals surface area contributed by atoms with Gasteiger partial charge in [0.25, 0.3) is 0 Å². The molecule has 28 heavy (non-hydrogen) atoms. The van der Waals surface area contributed by atoms with Gasteiger partial charge in [0.15, 0.2) is 11.0 Å². The molecule has 4 rings (SSSR count). The van der Waals surface area contributed by atoms with Crippen molar-refractivity contribution < 1.29 is 4.90 Å². The fraction of sp³-hybridized carbons (Fsp3) is 0.364. The molecule has 0 spiro atoms. The van der Waals surface area contributed by atoms with Gasteiger partial charge in [-0.2, -0.15) is 0 Å². The Kier molecular flexibility index (Phi) is 6.35. The van der Waals surface area contributed by atoms with Gasteiger partial charge in [-0.25, -0.2) is 0 Å². The van der Waals surface area contributed by atoms with E-state index in [1.54, 1.807) is 16.7 Å². The van der Waals surface area contributed by atoms with Gasteiger partial charge in [0, 0.05) is 28.4 Å². The van der Waals surface area contributed by atoms with Gasteiger partial charge in [-0.05, 0) is 43.5 Å². The summed E-state index contributed by atoms with van der Waals surface area (Å²) in [6.07, 6.45) is 5.28. The zero-order valence-corrected chi connectivity index (χ0v) is 17.7. The van der Waals surface area contributed by atoms with Crippen LogP contribution >= 0.6 is 23.4 Å². The second-order valence-corrected chi connectivity index (χ2v) is 8.91. The van der Waals surface area contributed by atoms with Crippen LogP contribution in [0.5, 0.6) is 0 Å². The van der Waals surface area contributed by atoms with E-state index in [4.69, 9.17) is 11.6 Å². The van der Waals surface area contributed by atoms with E-state index < -0.39 is 0 Å². The Bertz CT molecular complexity index is 895. The van der Waals surface area contributed by atoms with E-state index in [2.05, 4.69) is 33.9 Å². The Morgan fingerprint density at radius 3 is 2.61 bits per heavy atom. The van der Waals surface area contributed by atoms with E-state index in [-0.39, 0.29) is 0 Å². The molecule has 146 valence electrons. The third kappa shape index (κ3) is 4.43. The number of hydrogen-bond donors (Lipinski definition) is 1. The lowest BCUT2D eigenvalue weighted by atomic mass is 10.0. The van der Waals surface area contributed by atoms with Gasteiger partial charge in [-0.15, -0.1) is 10.2 Å². The second-order valence-electron chi connectivity index (χ2n) is 7.41. The number of quaternary nitrogens is 1. The minimum absolute atomic E-state index is 0.732. The van der Waals surface area contributed by atoms with E-state index in [1.807, 2.05) is 42.5 Å². The molecule has 2 atom stereocenters. The summed E-state index contributed by atoms with van der Waals surface area (Å²) < 4.78 is 2.15. The first kappa shape index (κ1) is 19.5. The van der Waals surface area contributed by atoms with E-state index in [0.717, 1.165) is 39.0 Å². The van der Waals surface area contributed by atoms with Gasteiger partial charge in [0.05, 0.1) is 19.6 Å². The monoisotopic (exact) mass is 413 g/mol. The van der Waals surface area contributed by atoms with Crippen LogP contribution in [0.15, 0.2) is 59.8 Å². The highest BCUT2D eigenvalue weighted by Gasteiger charge is 2.23. The lowest BCUT2D eigenvalue weighted by Crippen LogP contribution is -3.13. The molecule has 0 radical (unpaired) electrons. The van der Waals surface area contributed by atoms with Gasteiger partial charge in [-0.3, -0.25) is 4.57 Å². The van der Waals surface area contributed by atoms with Crippen LogP contribution in [0.2, 0.25) is 5.02 Å². The van der Waals surface area contributed by atoms with Crippen LogP contribution in [-0.2, 0) is 0 Å². The molecule has 0 bridgehead atoms. The minimum Gasteiger partial charge on any atom is -0.335 e. The van der Waals surface area contributed by atoms with Crippen LogP contribution in [0.25, 0.3) is 17.1 Å². The molecular formula is C22H26ClN4S+. The standard InChI is InChI=1S/C22H25ClN4S/c1-26-15-6-5-9-19(26)14-16-28-22-25-24-21(17-7-3-2-4-8-17)27(22)20-12-10-18(23)11-13-20/h2-4,7-8,10-13,19H,5-6,9,14-16H2,1H3/p+1/t19-/m1/s1. The number of benzene rings is 2. The van der Waals surface area contributed by atoms with Crippen molar-refractivity contribution in [3.8, 4) is 17.1 Å². The average molecular weight is 414 g/mol. The van der Waals surface area contributed by atoms with E-state index in [0.29, 0.717) is 0 Å². The van der Waals surface area contributed by atoms with Gasteiger partial charge < -0.3 is 4.90 Å². The van der Waals surface area contributed by atoms with Crippen molar-refractivity contribution in [3.05, 3.63) is 59.6 Å². The normalized spacial score (nSPS) is 19.6. The zero-order chi connectivity index (χ0) is 19.3. The van der Waals surface area contributed by atoms with E-state index in [9.17, 15) is 0 Å².